The predicted octanol–water partition coefficient (Wildman–Crippen LogP) is 4.22. The standard InChI is InChI=1S/C28H36N6O4/c1-18-25-21(6-5-7-22(25)34(31-18)23-8-9-24(35)30-26(23)36)20-16-29-33(17-20)15-12-19-10-13-32(14-11-19)27(37)38-28(2,3)4/h5-7,16-17,19,23H,8-15H2,1-4H3,(H,30,35,36). The second-order valence-corrected chi connectivity index (χ2v) is 11.4. The van der Waals surface area contributed by atoms with E-state index < -0.39 is 11.6 Å². The van der Waals surface area contributed by atoms with Crippen LogP contribution in [0.4, 0.5) is 4.79 Å². The number of likely N-dealkylation sites (tertiary alicyclic amines) is 1. The SMILES string of the molecule is Cc1nn(C2CCC(=O)NC2=O)c2cccc(-c3cnn(CCC4CCN(C(=O)OC(C)(C)C)CC4)c3)c12. The minimum Gasteiger partial charge on any atom is -0.444 e. The Morgan fingerprint density at radius 2 is 1.92 bits per heavy atom. The van der Waals surface area contributed by atoms with E-state index in [0.29, 0.717) is 18.8 Å². The van der Waals surface area contributed by atoms with Gasteiger partial charge in [0.25, 0.3) is 5.91 Å². The number of hydrogen-bond donors (Lipinski definition) is 1. The summed E-state index contributed by atoms with van der Waals surface area (Å²) in [7, 11) is 0. The molecule has 1 aromatic carbocycles. The van der Waals surface area contributed by atoms with Gasteiger partial charge in [-0.3, -0.25) is 24.3 Å². The molecule has 2 saturated heterocycles. The van der Waals surface area contributed by atoms with Gasteiger partial charge < -0.3 is 9.64 Å². The van der Waals surface area contributed by atoms with E-state index >= 15 is 0 Å². The highest BCUT2D eigenvalue weighted by Gasteiger charge is 2.31. The van der Waals surface area contributed by atoms with Gasteiger partial charge in [-0.1, -0.05) is 12.1 Å². The van der Waals surface area contributed by atoms with Gasteiger partial charge in [0.1, 0.15) is 11.6 Å². The van der Waals surface area contributed by atoms with Crippen molar-refractivity contribution in [1.29, 1.82) is 0 Å². The first kappa shape index (κ1) is 25.9. The third kappa shape index (κ3) is 5.44. The molecule has 0 aliphatic carbocycles. The van der Waals surface area contributed by atoms with Crippen LogP contribution in [-0.4, -0.2) is 61.1 Å². The van der Waals surface area contributed by atoms with Crippen LogP contribution >= 0.6 is 0 Å². The molecule has 38 heavy (non-hydrogen) atoms. The van der Waals surface area contributed by atoms with Crippen LogP contribution in [0, 0.1) is 12.8 Å². The molecule has 0 saturated carbocycles. The molecular formula is C28H36N6O4. The van der Waals surface area contributed by atoms with E-state index in [4.69, 9.17) is 9.84 Å². The Hall–Kier alpha value is -3.69. The summed E-state index contributed by atoms with van der Waals surface area (Å²) >= 11 is 0. The number of nitrogens with one attached hydrogen (secondary N) is 1. The van der Waals surface area contributed by atoms with Crippen LogP contribution < -0.4 is 5.32 Å². The van der Waals surface area contributed by atoms with Gasteiger partial charge in [-0.25, -0.2) is 4.79 Å². The van der Waals surface area contributed by atoms with Crippen molar-refractivity contribution >= 4 is 28.8 Å². The fourth-order valence-corrected chi connectivity index (χ4v) is 5.44. The lowest BCUT2D eigenvalue weighted by molar-refractivity contribution is -0.135. The van der Waals surface area contributed by atoms with Crippen LogP contribution in [0.2, 0.25) is 0 Å². The Labute approximate surface area is 222 Å². The van der Waals surface area contributed by atoms with Crippen molar-refractivity contribution in [1.82, 2.24) is 29.8 Å². The summed E-state index contributed by atoms with van der Waals surface area (Å²) in [5.41, 5.74) is 3.26. The summed E-state index contributed by atoms with van der Waals surface area (Å²) in [6, 6.07) is 5.50. The monoisotopic (exact) mass is 520 g/mol. The van der Waals surface area contributed by atoms with Crippen LogP contribution in [0.3, 0.4) is 0 Å². The summed E-state index contributed by atoms with van der Waals surface area (Å²) in [5.74, 6) is 0.000646. The first-order chi connectivity index (χ1) is 18.1. The van der Waals surface area contributed by atoms with E-state index in [1.807, 2.05) is 55.6 Å². The first-order valence-corrected chi connectivity index (χ1v) is 13.4. The molecule has 1 unspecified atom stereocenters. The number of rotatable bonds is 5. The van der Waals surface area contributed by atoms with Gasteiger partial charge in [0.15, 0.2) is 0 Å². The molecule has 0 bridgehead atoms. The van der Waals surface area contributed by atoms with E-state index in [9.17, 15) is 14.4 Å². The lowest BCUT2D eigenvalue weighted by Crippen LogP contribution is -2.42. The van der Waals surface area contributed by atoms with Gasteiger partial charge in [0.2, 0.25) is 5.91 Å². The summed E-state index contributed by atoms with van der Waals surface area (Å²) in [6.45, 7) is 9.88. The van der Waals surface area contributed by atoms with Gasteiger partial charge in [0, 0.05) is 43.2 Å². The van der Waals surface area contributed by atoms with Crippen LogP contribution in [0.25, 0.3) is 22.0 Å². The van der Waals surface area contributed by atoms with E-state index in [-0.39, 0.29) is 17.9 Å². The molecule has 5 rings (SSSR count). The molecular weight excluding hydrogens is 484 g/mol. The third-order valence-corrected chi connectivity index (χ3v) is 7.39. The Balaban J connectivity index is 1.24. The topological polar surface area (TPSA) is 111 Å². The normalized spacial score (nSPS) is 19.2. The van der Waals surface area contributed by atoms with Crippen LogP contribution in [0.1, 0.15) is 64.6 Å². The first-order valence-electron chi connectivity index (χ1n) is 13.4. The third-order valence-electron chi connectivity index (χ3n) is 7.39. The fraction of sp³-hybridized carbons (Fsp3) is 0.536. The lowest BCUT2D eigenvalue weighted by Gasteiger charge is -2.33. The van der Waals surface area contributed by atoms with Crippen LogP contribution in [0.5, 0.6) is 0 Å². The summed E-state index contributed by atoms with van der Waals surface area (Å²) in [4.78, 5) is 38.2. The molecule has 0 spiro atoms. The van der Waals surface area contributed by atoms with Crippen molar-refractivity contribution in [3.63, 3.8) is 0 Å². The zero-order valence-electron chi connectivity index (χ0n) is 22.6. The van der Waals surface area contributed by atoms with Crippen LogP contribution in [0.15, 0.2) is 30.6 Å². The molecule has 10 nitrogen and oxygen atoms in total. The number of fused-ring (bicyclic) bond motifs is 1. The smallest absolute Gasteiger partial charge is 0.410 e. The van der Waals surface area contributed by atoms with E-state index in [1.54, 1.807) is 4.68 Å². The van der Waals surface area contributed by atoms with Gasteiger partial charge in [-0.05, 0) is 70.9 Å². The second kappa shape index (κ2) is 10.2. The number of imide groups is 1. The molecule has 3 amide bonds. The molecule has 0 radical (unpaired) electrons. The Morgan fingerprint density at radius 3 is 2.63 bits per heavy atom. The van der Waals surface area contributed by atoms with Crippen molar-refractivity contribution in [2.45, 2.75) is 78.0 Å². The molecule has 1 N–H and O–H groups in total. The van der Waals surface area contributed by atoms with Crippen molar-refractivity contribution in [2.24, 2.45) is 5.92 Å². The lowest BCUT2D eigenvalue weighted by atomic mass is 9.94. The zero-order valence-corrected chi connectivity index (χ0v) is 22.6. The molecule has 202 valence electrons. The molecule has 2 aliphatic rings. The van der Waals surface area contributed by atoms with Gasteiger partial charge in [0.05, 0.1) is 17.4 Å². The minimum absolute atomic E-state index is 0.224. The largest absolute Gasteiger partial charge is 0.444 e. The minimum atomic E-state index is -0.497. The number of ether oxygens (including phenoxy) is 1. The van der Waals surface area contributed by atoms with Gasteiger partial charge in [-0.15, -0.1) is 0 Å². The predicted molar refractivity (Wildman–Crippen MR) is 142 cm³/mol. The molecule has 2 aromatic heterocycles. The Kier molecular flexibility index (Phi) is 6.98. The van der Waals surface area contributed by atoms with Crippen molar-refractivity contribution in [3.8, 4) is 11.1 Å². The Bertz CT molecular complexity index is 1360. The molecule has 3 aromatic rings. The quantitative estimate of drug-likeness (QED) is 0.504. The maximum atomic E-state index is 12.5. The van der Waals surface area contributed by atoms with E-state index in [2.05, 4.69) is 22.7 Å². The number of benzene rings is 1. The number of aryl methyl sites for hydroxylation is 2. The molecule has 10 heteroatoms. The van der Waals surface area contributed by atoms with Crippen molar-refractivity contribution in [2.75, 3.05) is 13.1 Å². The zero-order chi connectivity index (χ0) is 27.0. The van der Waals surface area contributed by atoms with Gasteiger partial charge in [-0.2, -0.15) is 10.2 Å². The highest BCUT2D eigenvalue weighted by Crippen LogP contribution is 2.33. The summed E-state index contributed by atoms with van der Waals surface area (Å²) in [6.07, 6.45) is 7.40. The molecule has 2 fully saturated rings. The molecule has 2 aliphatic heterocycles. The highest BCUT2D eigenvalue weighted by molar-refractivity contribution is 6.01. The van der Waals surface area contributed by atoms with Gasteiger partial charge >= 0.3 is 6.09 Å². The number of carbonyl (C=O) groups is 3. The average Bonchev–Trinajstić information content (AvgIpc) is 3.47. The summed E-state index contributed by atoms with van der Waals surface area (Å²) < 4.78 is 9.24. The van der Waals surface area contributed by atoms with Crippen LogP contribution in [-0.2, 0) is 20.9 Å². The molecule has 1 atom stereocenters. The van der Waals surface area contributed by atoms with E-state index in [0.717, 1.165) is 66.6 Å². The number of carbonyl (C=O) groups excluding carboxylic acids is 3. The number of hydrogen-bond acceptors (Lipinski definition) is 6. The maximum absolute atomic E-state index is 12.5. The number of piperidine rings is 2. The number of aromatic nitrogens is 4. The van der Waals surface area contributed by atoms with E-state index in [1.165, 1.54) is 0 Å². The fourth-order valence-electron chi connectivity index (χ4n) is 5.44. The van der Waals surface area contributed by atoms with Crippen molar-refractivity contribution < 1.29 is 19.1 Å². The second-order valence-electron chi connectivity index (χ2n) is 11.4. The summed E-state index contributed by atoms with van der Waals surface area (Å²) in [5, 5.41) is 12.7. The molecule has 4 heterocycles. The number of amides is 3. The number of nitrogens with zero attached hydrogens (tertiary/aromatic N) is 5. The highest BCUT2D eigenvalue weighted by atomic mass is 16.6. The van der Waals surface area contributed by atoms with Crippen molar-refractivity contribution in [3.05, 3.63) is 36.3 Å². The maximum Gasteiger partial charge on any atom is 0.410 e. The average molecular weight is 521 g/mol. The Morgan fingerprint density at radius 1 is 1.16 bits per heavy atom.